The zero-order chi connectivity index (χ0) is 28.2. The second kappa shape index (κ2) is 10.0. The van der Waals surface area contributed by atoms with Gasteiger partial charge in [-0.25, -0.2) is 0 Å². The maximum Gasteiger partial charge on any atom is 0.0931 e. The number of pyridine rings is 1. The first-order valence-electron chi connectivity index (χ1n) is 15.2. The summed E-state index contributed by atoms with van der Waals surface area (Å²) in [6.07, 6.45) is 24.6. The summed E-state index contributed by atoms with van der Waals surface area (Å²) < 4.78 is 5.09. The Bertz CT molecular complexity index is 1990. The summed E-state index contributed by atoms with van der Waals surface area (Å²) >= 11 is 0. The maximum atomic E-state index is 5.24. The van der Waals surface area contributed by atoms with E-state index in [1.54, 1.807) is 0 Å². The molecule has 0 saturated carbocycles. The third-order valence-electron chi connectivity index (χ3n) is 9.58. The fraction of sp³-hybridized carbons (Fsp3) is 0.205. The van der Waals surface area contributed by atoms with E-state index < -0.39 is 0 Å². The highest BCUT2D eigenvalue weighted by molar-refractivity contribution is 6.09. The van der Waals surface area contributed by atoms with E-state index >= 15 is 0 Å². The van der Waals surface area contributed by atoms with Crippen LogP contribution in [0.1, 0.15) is 64.9 Å². The molecular formula is C39H35N3. The van der Waals surface area contributed by atoms with Gasteiger partial charge in [-0.1, -0.05) is 97.1 Å². The number of hydrogen-bond donors (Lipinski definition) is 0. The van der Waals surface area contributed by atoms with Gasteiger partial charge in [-0.05, 0) is 73.9 Å². The third-order valence-corrected chi connectivity index (χ3v) is 9.58. The molecule has 5 aromatic rings. The standard InChI is InChI=1S/C39H35N3/c1-26-27(2)41(32-19-11-17-30(23-32)28-13-5-3-6-14-28)36-25-40-38-34-21-9-10-22-35(34)42(39(38)37(26)36)33-20-12-18-31(24-33)29-15-7-4-8-16-29/h3-8,10-20,22,25,31-32H,9,21,23-24H2,1-2H3. The Balaban J connectivity index is 1.30. The molecule has 0 radical (unpaired) electrons. The van der Waals surface area contributed by atoms with Crippen LogP contribution in [0.3, 0.4) is 0 Å². The van der Waals surface area contributed by atoms with E-state index in [1.165, 1.54) is 61.3 Å². The number of hydrogen-bond acceptors (Lipinski definition) is 1. The normalized spacial score (nSPS) is 19.8. The predicted octanol–water partition coefficient (Wildman–Crippen LogP) is 9.74. The number of rotatable bonds is 4. The molecule has 2 unspecified atom stereocenters. The van der Waals surface area contributed by atoms with E-state index in [9.17, 15) is 0 Å². The average Bonchev–Trinajstić information content (AvgIpc) is 3.53. The van der Waals surface area contributed by atoms with Crippen LogP contribution in [-0.2, 0) is 6.42 Å². The molecule has 0 spiro atoms. The van der Waals surface area contributed by atoms with Crippen molar-refractivity contribution in [2.45, 2.75) is 51.5 Å². The molecule has 0 bridgehead atoms. The number of fused-ring (bicyclic) bond motifs is 5. The molecule has 0 N–H and O–H groups in total. The van der Waals surface area contributed by atoms with Crippen LogP contribution in [-0.4, -0.2) is 14.1 Å². The van der Waals surface area contributed by atoms with E-state index in [1.807, 2.05) is 0 Å². The van der Waals surface area contributed by atoms with Crippen molar-refractivity contribution in [2.24, 2.45) is 0 Å². The van der Waals surface area contributed by atoms with Crippen LogP contribution in [0.15, 0.2) is 109 Å². The van der Waals surface area contributed by atoms with E-state index in [4.69, 9.17) is 4.98 Å². The van der Waals surface area contributed by atoms with Gasteiger partial charge in [-0.15, -0.1) is 0 Å². The Morgan fingerprint density at radius 1 is 0.857 bits per heavy atom. The quantitative estimate of drug-likeness (QED) is 0.220. The van der Waals surface area contributed by atoms with E-state index in [0.29, 0.717) is 5.92 Å². The third kappa shape index (κ3) is 3.91. The summed E-state index contributed by atoms with van der Waals surface area (Å²) in [5.74, 6) is 0.363. The Hall–Kier alpha value is -4.63. The van der Waals surface area contributed by atoms with Crippen molar-refractivity contribution < 1.29 is 0 Å². The second-order valence-electron chi connectivity index (χ2n) is 11.9. The first-order valence-corrected chi connectivity index (χ1v) is 15.2. The highest BCUT2D eigenvalue weighted by Crippen LogP contribution is 2.43. The fourth-order valence-corrected chi connectivity index (χ4v) is 7.43. The predicted molar refractivity (Wildman–Crippen MR) is 176 cm³/mol. The van der Waals surface area contributed by atoms with Crippen LogP contribution in [0.5, 0.6) is 0 Å². The minimum absolute atomic E-state index is 0.248. The van der Waals surface area contributed by atoms with E-state index in [2.05, 4.69) is 138 Å². The van der Waals surface area contributed by atoms with E-state index in [0.717, 1.165) is 31.2 Å². The number of nitrogens with zero attached hydrogens (tertiary/aromatic N) is 3. The van der Waals surface area contributed by atoms with Crippen molar-refractivity contribution in [3.8, 4) is 0 Å². The average molecular weight is 546 g/mol. The van der Waals surface area contributed by atoms with Gasteiger partial charge in [0.25, 0.3) is 0 Å². The molecule has 42 heavy (non-hydrogen) atoms. The summed E-state index contributed by atoms with van der Waals surface area (Å²) in [6, 6.07) is 22.0. The van der Waals surface area contributed by atoms with E-state index in [-0.39, 0.29) is 6.04 Å². The molecule has 3 aliphatic carbocycles. The molecule has 3 heterocycles. The largest absolute Gasteiger partial charge is 0.336 e. The summed E-state index contributed by atoms with van der Waals surface area (Å²) in [4.78, 5) is 5.24. The summed E-state index contributed by atoms with van der Waals surface area (Å²) in [7, 11) is 0. The highest BCUT2D eigenvalue weighted by Gasteiger charge is 2.28. The zero-order valence-electron chi connectivity index (χ0n) is 24.3. The molecule has 3 aromatic heterocycles. The SMILES string of the molecule is Cc1c(C)n(C2C=CC=C(c3ccccc3)C2)c2cnc3c4c(n(C5=CC=CC(c6ccccc6)C5)c3c12)C=CCC4. The van der Waals surface area contributed by atoms with Crippen molar-refractivity contribution >= 4 is 39.3 Å². The Kier molecular flexibility index (Phi) is 5.99. The van der Waals surface area contributed by atoms with Crippen LogP contribution in [0.2, 0.25) is 0 Å². The summed E-state index contributed by atoms with van der Waals surface area (Å²) in [5.41, 5.74) is 14.4. The number of allylic oxidation sites excluding steroid dienone is 9. The highest BCUT2D eigenvalue weighted by atomic mass is 15.1. The Morgan fingerprint density at radius 3 is 2.48 bits per heavy atom. The Labute approximate surface area is 247 Å². The maximum absolute atomic E-state index is 5.24. The van der Waals surface area contributed by atoms with Crippen LogP contribution in [0.4, 0.5) is 0 Å². The van der Waals surface area contributed by atoms with Crippen molar-refractivity contribution in [1.82, 2.24) is 14.1 Å². The van der Waals surface area contributed by atoms with Crippen molar-refractivity contribution in [2.75, 3.05) is 0 Å². The molecule has 8 rings (SSSR count). The van der Waals surface area contributed by atoms with Crippen LogP contribution in [0, 0.1) is 13.8 Å². The minimum Gasteiger partial charge on any atom is -0.336 e. The lowest BCUT2D eigenvalue weighted by Gasteiger charge is -2.23. The molecule has 2 aromatic carbocycles. The van der Waals surface area contributed by atoms with Gasteiger partial charge >= 0.3 is 0 Å². The minimum atomic E-state index is 0.248. The molecule has 3 nitrogen and oxygen atoms in total. The second-order valence-corrected chi connectivity index (χ2v) is 11.9. The van der Waals surface area contributed by atoms with Crippen LogP contribution in [0.25, 0.3) is 39.3 Å². The Morgan fingerprint density at radius 2 is 1.64 bits per heavy atom. The lowest BCUT2D eigenvalue weighted by atomic mass is 9.90. The molecule has 0 amide bonds. The van der Waals surface area contributed by atoms with Gasteiger partial charge in [-0.3, -0.25) is 4.98 Å². The topological polar surface area (TPSA) is 22.8 Å². The number of benzene rings is 2. The molecule has 3 aliphatic rings. The van der Waals surface area contributed by atoms with Gasteiger partial charge in [-0.2, -0.15) is 0 Å². The van der Waals surface area contributed by atoms with Gasteiger partial charge < -0.3 is 9.13 Å². The summed E-state index contributed by atoms with van der Waals surface area (Å²) in [6.45, 7) is 4.60. The molecule has 0 saturated heterocycles. The molecular weight excluding hydrogens is 510 g/mol. The van der Waals surface area contributed by atoms with Crippen molar-refractivity contribution in [3.63, 3.8) is 0 Å². The van der Waals surface area contributed by atoms with Gasteiger partial charge in [0.2, 0.25) is 0 Å². The van der Waals surface area contributed by atoms with Gasteiger partial charge in [0.15, 0.2) is 0 Å². The van der Waals surface area contributed by atoms with Gasteiger partial charge in [0.05, 0.1) is 34.5 Å². The summed E-state index contributed by atoms with van der Waals surface area (Å²) in [5, 5.41) is 1.34. The van der Waals surface area contributed by atoms with Crippen molar-refractivity contribution in [1.29, 1.82) is 0 Å². The van der Waals surface area contributed by atoms with Crippen molar-refractivity contribution in [3.05, 3.63) is 143 Å². The number of aryl methyl sites for hydroxylation is 2. The monoisotopic (exact) mass is 545 g/mol. The first kappa shape index (κ1) is 25.1. The molecule has 0 aliphatic heterocycles. The zero-order valence-corrected chi connectivity index (χ0v) is 24.3. The van der Waals surface area contributed by atoms with Gasteiger partial charge in [0.1, 0.15) is 0 Å². The van der Waals surface area contributed by atoms with Crippen LogP contribution < -0.4 is 0 Å². The molecule has 206 valence electrons. The fourth-order valence-electron chi connectivity index (χ4n) is 7.43. The van der Waals surface area contributed by atoms with Gasteiger partial charge in [0, 0.05) is 28.3 Å². The lowest BCUT2D eigenvalue weighted by molar-refractivity contribution is 0.620. The molecule has 0 fully saturated rings. The van der Waals surface area contributed by atoms with Crippen LogP contribution >= 0.6 is 0 Å². The molecule has 2 atom stereocenters. The number of aromatic nitrogens is 3. The lowest BCUT2D eigenvalue weighted by Crippen LogP contribution is -2.11. The molecule has 3 heteroatoms. The first-order chi connectivity index (χ1) is 20.7. The smallest absolute Gasteiger partial charge is 0.0931 e.